The maximum Gasteiger partial charge on any atom is 0.296 e. The molecule has 4 heterocycles. The van der Waals surface area contributed by atoms with E-state index in [-0.39, 0.29) is 22.8 Å². The van der Waals surface area contributed by atoms with Crippen LogP contribution >= 0.6 is 22.9 Å². The van der Waals surface area contributed by atoms with Gasteiger partial charge in [-0.25, -0.2) is 4.98 Å². The van der Waals surface area contributed by atoms with Crippen LogP contribution in [0.1, 0.15) is 41.2 Å². The molecule has 0 fully saturated rings. The third-order valence-electron chi connectivity index (χ3n) is 4.82. The summed E-state index contributed by atoms with van der Waals surface area (Å²) in [5, 5.41) is 21.6. The average molecular weight is 497 g/mol. The van der Waals surface area contributed by atoms with Gasteiger partial charge in [0, 0.05) is 29.8 Å². The monoisotopic (exact) mass is 496 g/mol. The van der Waals surface area contributed by atoms with E-state index in [9.17, 15) is 9.90 Å². The SMILES string of the molecule is Cc1cc(-c2ccnc(Cl)c2)c(C(=O)Nc2nnc(OCc3ccc(C(C)(C)O)cn3)s2)cn1. The van der Waals surface area contributed by atoms with E-state index < -0.39 is 5.60 Å². The number of aliphatic hydroxyl groups is 1. The lowest BCUT2D eigenvalue weighted by Crippen LogP contribution is -2.16. The van der Waals surface area contributed by atoms with Crippen LogP contribution in [-0.4, -0.2) is 36.2 Å². The molecule has 9 nitrogen and oxygen atoms in total. The Bertz CT molecular complexity index is 1320. The Morgan fingerprint density at radius 1 is 1.15 bits per heavy atom. The molecule has 0 saturated heterocycles. The molecule has 4 rings (SSSR count). The van der Waals surface area contributed by atoms with Crippen molar-refractivity contribution in [1.29, 1.82) is 0 Å². The fourth-order valence-electron chi connectivity index (χ4n) is 3.04. The lowest BCUT2D eigenvalue weighted by Gasteiger charge is -2.17. The molecule has 4 aromatic rings. The van der Waals surface area contributed by atoms with E-state index in [2.05, 4.69) is 30.5 Å². The lowest BCUT2D eigenvalue weighted by molar-refractivity contribution is 0.0781. The second-order valence-corrected chi connectivity index (χ2v) is 9.28. The standard InChI is InChI=1S/C23H21ClN6O3S/c1-13-8-17(14-6-7-25-19(24)9-14)18(11-26-13)20(31)28-21-29-30-22(34-21)33-12-16-5-4-15(10-27-16)23(2,3)32/h4-11,32H,12H2,1-3H3,(H,28,29,31). The van der Waals surface area contributed by atoms with Crippen molar-refractivity contribution in [2.45, 2.75) is 33.0 Å². The zero-order chi connectivity index (χ0) is 24.3. The molecule has 2 N–H and O–H groups in total. The number of aryl methyl sites for hydroxylation is 1. The van der Waals surface area contributed by atoms with Crippen LogP contribution in [-0.2, 0) is 12.2 Å². The third kappa shape index (κ3) is 5.71. The molecule has 34 heavy (non-hydrogen) atoms. The highest BCUT2D eigenvalue weighted by Crippen LogP contribution is 2.28. The molecule has 0 unspecified atom stereocenters. The van der Waals surface area contributed by atoms with E-state index in [0.29, 0.717) is 27.5 Å². The summed E-state index contributed by atoms with van der Waals surface area (Å²) in [6, 6.07) is 8.84. The van der Waals surface area contributed by atoms with Crippen LogP contribution < -0.4 is 10.1 Å². The number of carbonyl (C=O) groups is 1. The van der Waals surface area contributed by atoms with Gasteiger partial charge in [0.15, 0.2) is 0 Å². The number of anilines is 1. The van der Waals surface area contributed by atoms with E-state index in [1.54, 1.807) is 50.5 Å². The second kappa shape index (κ2) is 9.80. The van der Waals surface area contributed by atoms with Gasteiger partial charge in [-0.15, -0.1) is 5.10 Å². The number of ether oxygens (including phenoxy) is 1. The Kier molecular flexibility index (Phi) is 6.82. The van der Waals surface area contributed by atoms with Crippen LogP contribution in [0, 0.1) is 6.92 Å². The molecule has 0 aromatic carbocycles. The van der Waals surface area contributed by atoms with Crippen LogP contribution in [0.25, 0.3) is 11.1 Å². The van der Waals surface area contributed by atoms with E-state index in [4.69, 9.17) is 16.3 Å². The predicted octanol–water partition coefficient (Wildman–Crippen LogP) is 4.41. The van der Waals surface area contributed by atoms with E-state index in [0.717, 1.165) is 22.6 Å². The Morgan fingerprint density at radius 2 is 1.97 bits per heavy atom. The molecule has 4 aromatic heterocycles. The van der Waals surface area contributed by atoms with Gasteiger partial charge in [0.1, 0.15) is 11.8 Å². The summed E-state index contributed by atoms with van der Waals surface area (Å²) in [7, 11) is 0. The quantitative estimate of drug-likeness (QED) is 0.360. The Morgan fingerprint density at radius 3 is 2.68 bits per heavy atom. The van der Waals surface area contributed by atoms with Gasteiger partial charge in [-0.2, -0.15) is 0 Å². The third-order valence-corrected chi connectivity index (χ3v) is 5.78. The molecule has 0 radical (unpaired) electrons. The number of rotatable bonds is 7. The minimum atomic E-state index is -0.963. The lowest BCUT2D eigenvalue weighted by atomic mass is 10.0. The van der Waals surface area contributed by atoms with Gasteiger partial charge in [-0.3, -0.25) is 20.1 Å². The number of amides is 1. The Labute approximate surface area is 204 Å². The summed E-state index contributed by atoms with van der Waals surface area (Å²) >= 11 is 7.12. The summed E-state index contributed by atoms with van der Waals surface area (Å²) < 4.78 is 5.64. The highest BCUT2D eigenvalue weighted by molar-refractivity contribution is 7.17. The molecule has 0 aliphatic carbocycles. The molecule has 0 aliphatic heterocycles. The summed E-state index contributed by atoms with van der Waals surface area (Å²) in [5.41, 5.74) is 2.96. The first kappa shape index (κ1) is 23.7. The summed E-state index contributed by atoms with van der Waals surface area (Å²) in [4.78, 5) is 25.5. The van der Waals surface area contributed by atoms with Crippen LogP contribution in [0.5, 0.6) is 5.19 Å². The van der Waals surface area contributed by atoms with Gasteiger partial charge in [0.05, 0.1) is 16.9 Å². The van der Waals surface area contributed by atoms with E-state index >= 15 is 0 Å². The Balaban J connectivity index is 1.44. The van der Waals surface area contributed by atoms with Crippen molar-refractivity contribution in [3.05, 3.63) is 76.6 Å². The van der Waals surface area contributed by atoms with Gasteiger partial charge in [-0.1, -0.05) is 22.8 Å². The van der Waals surface area contributed by atoms with Crippen molar-refractivity contribution in [3.8, 4) is 16.3 Å². The Hall–Kier alpha value is -3.47. The van der Waals surface area contributed by atoms with E-state index in [1.165, 1.54) is 6.20 Å². The summed E-state index contributed by atoms with van der Waals surface area (Å²) in [5.74, 6) is -0.387. The molecule has 0 spiro atoms. The molecule has 1 amide bonds. The van der Waals surface area contributed by atoms with Crippen molar-refractivity contribution in [1.82, 2.24) is 25.1 Å². The van der Waals surface area contributed by atoms with Crippen molar-refractivity contribution in [2.24, 2.45) is 0 Å². The largest absolute Gasteiger partial charge is 0.462 e. The number of nitrogens with zero attached hydrogens (tertiary/aromatic N) is 5. The van der Waals surface area contributed by atoms with Gasteiger partial charge >= 0.3 is 0 Å². The van der Waals surface area contributed by atoms with Crippen molar-refractivity contribution < 1.29 is 14.6 Å². The fourth-order valence-corrected chi connectivity index (χ4v) is 3.80. The number of carbonyl (C=O) groups excluding carboxylic acids is 1. The average Bonchev–Trinajstić information content (AvgIpc) is 3.24. The smallest absolute Gasteiger partial charge is 0.296 e. The first-order valence-corrected chi connectivity index (χ1v) is 11.4. The predicted molar refractivity (Wildman–Crippen MR) is 129 cm³/mol. The van der Waals surface area contributed by atoms with Gasteiger partial charge < -0.3 is 9.84 Å². The van der Waals surface area contributed by atoms with Crippen LogP contribution in [0.15, 0.2) is 48.9 Å². The maximum absolute atomic E-state index is 13.0. The van der Waals surface area contributed by atoms with Gasteiger partial charge in [0.2, 0.25) is 5.13 Å². The first-order valence-electron chi connectivity index (χ1n) is 10.2. The normalized spacial score (nSPS) is 11.3. The zero-order valence-electron chi connectivity index (χ0n) is 18.6. The van der Waals surface area contributed by atoms with Crippen LogP contribution in [0.3, 0.4) is 0 Å². The number of hydrogen-bond acceptors (Lipinski definition) is 9. The molecular formula is C23H21ClN6O3S. The van der Waals surface area contributed by atoms with Crippen LogP contribution in [0.2, 0.25) is 5.15 Å². The molecule has 174 valence electrons. The number of nitrogens with one attached hydrogen (secondary N) is 1. The van der Waals surface area contributed by atoms with Gasteiger partial charge in [0.25, 0.3) is 11.1 Å². The molecule has 0 aliphatic rings. The highest BCUT2D eigenvalue weighted by Gasteiger charge is 2.18. The number of aromatic nitrogens is 5. The summed E-state index contributed by atoms with van der Waals surface area (Å²) in [6.07, 6.45) is 4.69. The van der Waals surface area contributed by atoms with Crippen LogP contribution in [0.4, 0.5) is 5.13 Å². The first-order chi connectivity index (χ1) is 16.2. The topological polar surface area (TPSA) is 123 Å². The van der Waals surface area contributed by atoms with Crippen molar-refractivity contribution in [2.75, 3.05) is 5.32 Å². The number of pyridine rings is 3. The maximum atomic E-state index is 13.0. The highest BCUT2D eigenvalue weighted by atomic mass is 35.5. The summed E-state index contributed by atoms with van der Waals surface area (Å²) in [6.45, 7) is 5.40. The minimum absolute atomic E-state index is 0.170. The molecule has 0 saturated carbocycles. The van der Waals surface area contributed by atoms with Gasteiger partial charge in [-0.05, 0) is 67.5 Å². The van der Waals surface area contributed by atoms with Crippen molar-refractivity contribution in [3.63, 3.8) is 0 Å². The molecule has 0 bridgehead atoms. The van der Waals surface area contributed by atoms with Crippen molar-refractivity contribution >= 4 is 34.0 Å². The minimum Gasteiger partial charge on any atom is -0.462 e. The fraction of sp³-hybridized carbons (Fsp3) is 0.217. The molecular weight excluding hydrogens is 476 g/mol. The number of hydrogen-bond donors (Lipinski definition) is 2. The zero-order valence-corrected chi connectivity index (χ0v) is 20.2. The molecule has 11 heteroatoms. The molecule has 0 atom stereocenters. The second-order valence-electron chi connectivity index (χ2n) is 7.95. The number of halogens is 1. The van der Waals surface area contributed by atoms with E-state index in [1.807, 2.05) is 13.0 Å².